The lowest BCUT2D eigenvalue weighted by molar-refractivity contribution is 0.107. The Balaban J connectivity index is 1.38. The van der Waals surface area contributed by atoms with Gasteiger partial charge in [-0.3, -0.25) is 4.68 Å². The summed E-state index contributed by atoms with van der Waals surface area (Å²) in [5, 5.41) is 5.68. The van der Waals surface area contributed by atoms with Gasteiger partial charge in [-0.2, -0.15) is 9.40 Å². The van der Waals surface area contributed by atoms with Crippen LogP contribution in [-0.2, 0) is 47.5 Å². The van der Waals surface area contributed by atoms with E-state index in [1.54, 1.807) is 4.31 Å². The van der Waals surface area contributed by atoms with Gasteiger partial charge in [0.2, 0.25) is 10.0 Å². The molecule has 198 valence electrons. The Kier molecular flexibility index (Phi) is 8.31. The number of aromatic nitrogens is 2. The lowest BCUT2D eigenvalue weighted by Gasteiger charge is -2.26. The van der Waals surface area contributed by atoms with Crippen LogP contribution in [0, 0.1) is 0 Å². The van der Waals surface area contributed by atoms with Gasteiger partial charge < -0.3 is 9.64 Å². The minimum Gasteiger partial charge on any atom is -0.372 e. The number of hydrogen-bond donors (Lipinski definition) is 0. The maximum atomic E-state index is 12.4. The van der Waals surface area contributed by atoms with E-state index >= 15 is 0 Å². The molecule has 9 heteroatoms. The van der Waals surface area contributed by atoms with Gasteiger partial charge in [-0.1, -0.05) is 48.0 Å². The molecule has 2 aliphatic heterocycles. The predicted octanol–water partition coefficient (Wildman–Crippen LogP) is 4.72. The lowest BCUT2D eigenvalue weighted by Crippen LogP contribution is -2.35. The van der Waals surface area contributed by atoms with Crippen molar-refractivity contribution >= 4 is 21.6 Å². The van der Waals surface area contributed by atoms with Gasteiger partial charge in [-0.05, 0) is 62.2 Å². The molecule has 0 spiro atoms. The van der Waals surface area contributed by atoms with Gasteiger partial charge in [0, 0.05) is 47.9 Å². The minimum absolute atomic E-state index is 0.345. The molecule has 0 atom stereocenters. The summed E-state index contributed by atoms with van der Waals surface area (Å²) in [6, 6.07) is 15.9. The topological polar surface area (TPSA) is 67.7 Å². The van der Waals surface area contributed by atoms with Gasteiger partial charge >= 0.3 is 0 Å². The first kappa shape index (κ1) is 26.4. The highest BCUT2D eigenvalue weighted by Crippen LogP contribution is 2.33. The molecule has 2 aromatic carbocycles. The van der Waals surface area contributed by atoms with E-state index in [2.05, 4.69) is 9.58 Å². The Labute approximate surface area is 225 Å². The van der Waals surface area contributed by atoms with E-state index in [1.165, 1.54) is 32.2 Å². The molecular formula is C28H35ClN4O3S. The first-order valence-electron chi connectivity index (χ1n) is 13.0. The second-order valence-electron chi connectivity index (χ2n) is 10.0. The molecule has 37 heavy (non-hydrogen) atoms. The summed E-state index contributed by atoms with van der Waals surface area (Å²) >= 11 is 6.53. The number of aryl methyl sites for hydroxylation is 1. The Hall–Kier alpha value is -2.23. The molecule has 7 nitrogen and oxygen atoms in total. The number of fused-ring (bicyclic) bond motifs is 1. The van der Waals surface area contributed by atoms with Gasteiger partial charge in [-0.25, -0.2) is 8.42 Å². The second-order valence-corrected chi connectivity index (χ2v) is 12.4. The quantitative estimate of drug-likeness (QED) is 0.371. The molecular weight excluding hydrogens is 508 g/mol. The average Bonchev–Trinajstić information content (AvgIpc) is 3.53. The smallest absolute Gasteiger partial charge is 0.211 e. The normalized spacial score (nSPS) is 16.8. The molecule has 3 heterocycles. The molecule has 2 aliphatic rings. The van der Waals surface area contributed by atoms with E-state index in [-0.39, 0.29) is 0 Å². The second kappa shape index (κ2) is 11.7. The van der Waals surface area contributed by atoms with E-state index in [4.69, 9.17) is 21.4 Å². The highest BCUT2D eigenvalue weighted by Gasteiger charge is 2.30. The molecule has 3 aromatic rings. The number of benzene rings is 2. The minimum atomic E-state index is -3.29. The molecule has 0 bridgehead atoms. The van der Waals surface area contributed by atoms with Crippen molar-refractivity contribution in [3.63, 3.8) is 0 Å². The fourth-order valence-electron chi connectivity index (χ4n) is 5.30. The monoisotopic (exact) mass is 542 g/mol. The lowest BCUT2D eigenvalue weighted by atomic mass is 10.0. The molecule has 0 N–H and O–H groups in total. The Morgan fingerprint density at radius 3 is 2.54 bits per heavy atom. The zero-order chi connectivity index (χ0) is 25.8. The van der Waals surface area contributed by atoms with Crippen LogP contribution in [0.2, 0.25) is 5.02 Å². The summed E-state index contributed by atoms with van der Waals surface area (Å²) < 4.78 is 34.3. The van der Waals surface area contributed by atoms with Crippen molar-refractivity contribution < 1.29 is 13.2 Å². The number of likely N-dealkylation sites (tertiary alicyclic amines) is 1. The highest BCUT2D eigenvalue weighted by atomic mass is 35.5. The Morgan fingerprint density at radius 1 is 1.00 bits per heavy atom. The van der Waals surface area contributed by atoms with Gasteiger partial charge in [-0.15, -0.1) is 0 Å². The van der Waals surface area contributed by atoms with Gasteiger partial charge in [0.1, 0.15) is 0 Å². The van der Waals surface area contributed by atoms with Crippen LogP contribution in [0.1, 0.15) is 41.6 Å². The summed E-state index contributed by atoms with van der Waals surface area (Å²) in [6.45, 7) is 6.00. The van der Waals surface area contributed by atoms with E-state index in [0.29, 0.717) is 37.7 Å². The SMILES string of the molecule is CS(=O)(=O)N1CCc2c(c(-c3ccc(Cl)c(COCc4ccccc4)c3)nn2CCCN2CCCC2)C1. The maximum Gasteiger partial charge on any atom is 0.211 e. The number of ether oxygens (including phenoxy) is 1. The first-order valence-corrected chi connectivity index (χ1v) is 15.3. The van der Waals surface area contributed by atoms with Crippen LogP contribution in [0.25, 0.3) is 11.3 Å². The Bertz CT molecular complexity index is 1320. The number of sulfonamides is 1. The third kappa shape index (κ3) is 6.44. The van der Waals surface area contributed by atoms with Crippen molar-refractivity contribution in [2.24, 2.45) is 0 Å². The largest absolute Gasteiger partial charge is 0.372 e. The number of hydrogen-bond acceptors (Lipinski definition) is 5. The van der Waals surface area contributed by atoms with Crippen LogP contribution in [-0.4, -0.2) is 59.8 Å². The maximum absolute atomic E-state index is 12.4. The summed E-state index contributed by atoms with van der Waals surface area (Å²) in [5.41, 5.74) is 5.92. The van der Waals surface area contributed by atoms with Crippen molar-refractivity contribution in [3.05, 3.63) is 75.9 Å². The van der Waals surface area contributed by atoms with Crippen molar-refractivity contribution in [3.8, 4) is 11.3 Å². The fourth-order valence-corrected chi connectivity index (χ4v) is 6.26. The molecule has 0 aliphatic carbocycles. The third-order valence-electron chi connectivity index (χ3n) is 7.30. The zero-order valence-electron chi connectivity index (χ0n) is 21.4. The predicted molar refractivity (Wildman–Crippen MR) is 147 cm³/mol. The van der Waals surface area contributed by atoms with Gasteiger partial charge in [0.25, 0.3) is 0 Å². The van der Waals surface area contributed by atoms with Crippen LogP contribution in [0.15, 0.2) is 48.5 Å². The first-order chi connectivity index (χ1) is 17.9. The number of halogens is 1. The van der Waals surface area contributed by atoms with Crippen LogP contribution in [0.4, 0.5) is 0 Å². The van der Waals surface area contributed by atoms with Crippen molar-refractivity contribution in [2.45, 2.75) is 52.0 Å². The van der Waals surface area contributed by atoms with Crippen molar-refractivity contribution in [1.29, 1.82) is 0 Å². The van der Waals surface area contributed by atoms with Crippen molar-refractivity contribution in [2.75, 3.05) is 32.4 Å². The van der Waals surface area contributed by atoms with E-state index < -0.39 is 10.0 Å². The summed E-state index contributed by atoms with van der Waals surface area (Å²) in [5.74, 6) is 0. The van der Waals surface area contributed by atoms with Crippen LogP contribution < -0.4 is 0 Å². The molecule has 0 unspecified atom stereocenters. The zero-order valence-corrected chi connectivity index (χ0v) is 23.0. The molecule has 1 saturated heterocycles. The highest BCUT2D eigenvalue weighted by molar-refractivity contribution is 7.88. The molecule has 1 aromatic heterocycles. The summed E-state index contributed by atoms with van der Waals surface area (Å²) in [6.07, 6.45) is 5.55. The average molecular weight is 543 g/mol. The molecule has 0 amide bonds. The summed E-state index contributed by atoms with van der Waals surface area (Å²) in [7, 11) is -3.29. The van der Waals surface area contributed by atoms with Gasteiger partial charge in [0.05, 0.1) is 25.2 Å². The number of nitrogens with zero attached hydrogens (tertiary/aromatic N) is 4. The molecule has 0 saturated carbocycles. The van der Waals surface area contributed by atoms with Crippen LogP contribution in [0.5, 0.6) is 0 Å². The molecule has 1 fully saturated rings. The van der Waals surface area contributed by atoms with Gasteiger partial charge in [0.15, 0.2) is 0 Å². The Morgan fingerprint density at radius 2 is 1.78 bits per heavy atom. The van der Waals surface area contributed by atoms with Crippen LogP contribution in [0.3, 0.4) is 0 Å². The third-order valence-corrected chi connectivity index (χ3v) is 8.92. The fraction of sp³-hybridized carbons (Fsp3) is 0.464. The van der Waals surface area contributed by atoms with E-state index in [1.807, 2.05) is 48.5 Å². The molecule has 0 radical (unpaired) electrons. The summed E-state index contributed by atoms with van der Waals surface area (Å²) in [4.78, 5) is 2.52. The molecule has 5 rings (SSSR count). The van der Waals surface area contributed by atoms with E-state index in [0.717, 1.165) is 53.2 Å². The van der Waals surface area contributed by atoms with E-state index in [9.17, 15) is 8.42 Å². The van der Waals surface area contributed by atoms with Crippen LogP contribution >= 0.6 is 11.6 Å². The number of rotatable bonds is 10. The van der Waals surface area contributed by atoms with Crippen molar-refractivity contribution in [1.82, 2.24) is 19.0 Å². The standard InChI is InChI=1S/C28H35ClN4O3S/c1-37(34,35)32-17-12-27-25(19-32)28(30-33(27)16-7-15-31-13-5-6-14-31)23-10-11-26(29)24(18-23)21-36-20-22-8-3-2-4-9-22/h2-4,8-11,18H,5-7,12-17,19-21H2,1H3.